The van der Waals surface area contributed by atoms with Gasteiger partial charge in [-0.2, -0.15) is 15.0 Å². The smallest absolute Gasteiger partial charge is 0.240 e. The minimum atomic E-state index is 0.518. The lowest BCUT2D eigenvalue weighted by atomic mass is 9.98. The quantitative estimate of drug-likeness (QED) is 0.159. The van der Waals surface area contributed by atoms with Gasteiger partial charge >= 0.3 is 0 Å². The third-order valence-corrected chi connectivity index (χ3v) is 15.2. The van der Waals surface area contributed by atoms with Gasteiger partial charge in [-0.3, -0.25) is 9.13 Å². The van der Waals surface area contributed by atoms with E-state index >= 15 is 0 Å². The van der Waals surface area contributed by atoms with Crippen LogP contribution in [0.5, 0.6) is 0 Å². The molecule has 0 amide bonds. The maximum atomic E-state index is 6.22. The zero-order valence-corrected chi connectivity index (χ0v) is 40.7. The van der Waals surface area contributed by atoms with Gasteiger partial charge in [0.05, 0.1) is 22.1 Å². The van der Waals surface area contributed by atoms with Crippen molar-refractivity contribution in [1.82, 2.24) is 24.1 Å². The van der Waals surface area contributed by atoms with Crippen molar-refractivity contribution in [2.24, 2.45) is 0 Å². The van der Waals surface area contributed by atoms with Crippen LogP contribution in [0, 0.1) is 0 Å². The lowest BCUT2D eigenvalue weighted by Gasteiger charge is -2.13. The normalized spacial score (nSPS) is 11.9. The van der Waals surface area contributed by atoms with Crippen LogP contribution in [0.1, 0.15) is 0 Å². The molecule has 5 heterocycles. The monoisotopic (exact) mass is 971 g/mol. The molecule has 16 aromatic rings. The zero-order valence-electron chi connectivity index (χ0n) is 40.7. The maximum Gasteiger partial charge on any atom is 0.240 e. The van der Waals surface area contributed by atoms with E-state index in [9.17, 15) is 0 Å². The molecule has 16 rings (SSSR count). The topological polar surface area (TPSA) is 74.8 Å². The molecule has 0 atom stereocenters. The van der Waals surface area contributed by atoms with Gasteiger partial charge < -0.3 is 8.83 Å². The number of rotatable bonds is 7. The Morgan fingerprint density at radius 3 is 1.11 bits per heavy atom. The summed E-state index contributed by atoms with van der Waals surface area (Å²) in [5.74, 6) is 1.60. The predicted molar refractivity (Wildman–Crippen MR) is 310 cm³/mol. The van der Waals surface area contributed by atoms with Gasteiger partial charge in [0.2, 0.25) is 11.9 Å². The molecule has 0 fully saturated rings. The molecular formula is C69H41N5O2. The summed E-state index contributed by atoms with van der Waals surface area (Å²) < 4.78 is 16.8. The third-order valence-electron chi connectivity index (χ3n) is 15.2. The maximum absolute atomic E-state index is 6.22. The molecular weight excluding hydrogens is 931 g/mol. The highest BCUT2D eigenvalue weighted by atomic mass is 16.3. The zero-order chi connectivity index (χ0) is 49.8. The Balaban J connectivity index is 0.898. The number of fused-ring (bicyclic) bond motifs is 12. The first-order valence-corrected chi connectivity index (χ1v) is 25.6. The molecule has 7 heteroatoms. The molecule has 0 N–H and O–H groups in total. The second-order valence-electron chi connectivity index (χ2n) is 19.6. The molecule has 0 spiro atoms. The van der Waals surface area contributed by atoms with Gasteiger partial charge in [0, 0.05) is 48.7 Å². The number of para-hydroxylation sites is 4. The number of furan rings is 2. The fraction of sp³-hybridized carbons (Fsp3) is 0. The van der Waals surface area contributed by atoms with Crippen molar-refractivity contribution in [2.75, 3.05) is 0 Å². The van der Waals surface area contributed by atoms with E-state index in [0.29, 0.717) is 17.7 Å². The Hall–Kier alpha value is -10.4. The van der Waals surface area contributed by atoms with Crippen molar-refractivity contribution >= 4 is 87.5 Å². The van der Waals surface area contributed by atoms with Crippen molar-refractivity contribution in [3.8, 4) is 67.8 Å². The number of hydrogen-bond acceptors (Lipinski definition) is 5. The average molecular weight is 972 g/mol. The van der Waals surface area contributed by atoms with Gasteiger partial charge in [-0.25, -0.2) is 0 Å². The summed E-state index contributed by atoms with van der Waals surface area (Å²) in [4.78, 5) is 16.4. The Bertz CT molecular complexity index is 4770. The summed E-state index contributed by atoms with van der Waals surface area (Å²) >= 11 is 0. The van der Waals surface area contributed by atoms with E-state index in [2.05, 4.69) is 234 Å². The number of benzene rings is 11. The van der Waals surface area contributed by atoms with E-state index in [1.165, 1.54) is 5.56 Å². The van der Waals surface area contributed by atoms with E-state index in [1.54, 1.807) is 0 Å². The average Bonchev–Trinajstić information content (AvgIpc) is 4.28. The molecule has 0 bridgehead atoms. The van der Waals surface area contributed by atoms with Crippen molar-refractivity contribution in [3.05, 3.63) is 249 Å². The molecule has 0 aliphatic carbocycles. The van der Waals surface area contributed by atoms with Crippen LogP contribution >= 0.6 is 0 Å². The highest BCUT2D eigenvalue weighted by molar-refractivity contribution is 6.13. The number of aromatic nitrogens is 5. The standard InChI is InChI=1S/C69H41N5O2/c1-2-14-42(15-3-1)43-16-12-17-44(36-43)45-18-13-19-50(37-45)67-70-68(73-59-24-8-4-20-51(59)55-38-46(28-32-61(55)73)48-30-34-65-57(40-48)53-22-6-10-26-63(53)75-65)72-69(71-67)74-60-25-9-5-21-52(60)56-39-47(29-33-62(56)74)49-31-35-66-58(41-49)54-23-7-11-27-64(54)76-66/h1-41H. The molecule has 11 aromatic carbocycles. The number of hydrogen-bond donors (Lipinski definition) is 0. The summed E-state index contributed by atoms with van der Waals surface area (Å²) in [5, 5.41) is 8.80. The Morgan fingerprint density at radius 2 is 0.579 bits per heavy atom. The van der Waals surface area contributed by atoms with Crippen molar-refractivity contribution in [1.29, 1.82) is 0 Å². The molecule has 0 saturated carbocycles. The summed E-state index contributed by atoms with van der Waals surface area (Å²) in [7, 11) is 0. The van der Waals surface area contributed by atoms with Crippen LogP contribution in [0.15, 0.2) is 258 Å². The first kappa shape index (κ1) is 42.2. The molecule has 7 nitrogen and oxygen atoms in total. The van der Waals surface area contributed by atoms with E-state index < -0.39 is 0 Å². The van der Waals surface area contributed by atoms with Crippen LogP contribution < -0.4 is 0 Å². The summed E-state index contributed by atoms with van der Waals surface area (Å²) in [6.45, 7) is 0. The predicted octanol–water partition coefficient (Wildman–Crippen LogP) is 18.2. The molecule has 0 aliphatic heterocycles. The minimum absolute atomic E-state index is 0.518. The molecule has 354 valence electrons. The molecule has 0 aliphatic rings. The summed E-state index contributed by atoms with van der Waals surface area (Å²) in [5.41, 5.74) is 17.3. The lowest BCUT2D eigenvalue weighted by molar-refractivity contribution is 0.668. The van der Waals surface area contributed by atoms with Crippen LogP contribution in [0.3, 0.4) is 0 Å². The van der Waals surface area contributed by atoms with E-state index in [4.69, 9.17) is 23.8 Å². The van der Waals surface area contributed by atoms with E-state index in [0.717, 1.165) is 132 Å². The van der Waals surface area contributed by atoms with Gasteiger partial charge in [0.1, 0.15) is 22.3 Å². The van der Waals surface area contributed by atoms with E-state index in [-0.39, 0.29) is 0 Å². The summed E-state index contributed by atoms with van der Waals surface area (Å²) in [6.07, 6.45) is 0. The molecule has 0 unspecified atom stereocenters. The van der Waals surface area contributed by atoms with Crippen molar-refractivity contribution < 1.29 is 8.83 Å². The largest absolute Gasteiger partial charge is 0.456 e. The van der Waals surface area contributed by atoms with Gasteiger partial charge in [-0.1, -0.05) is 164 Å². The summed E-state index contributed by atoms with van der Waals surface area (Å²) in [6, 6.07) is 87.7. The van der Waals surface area contributed by atoms with Crippen molar-refractivity contribution in [2.45, 2.75) is 0 Å². The Kier molecular flexibility index (Phi) is 9.20. The Labute approximate surface area is 434 Å². The van der Waals surface area contributed by atoms with Gasteiger partial charge in [-0.05, 0) is 129 Å². The molecule has 5 aromatic heterocycles. The fourth-order valence-corrected chi connectivity index (χ4v) is 11.6. The number of nitrogens with zero attached hydrogens (tertiary/aromatic N) is 5. The van der Waals surface area contributed by atoms with Crippen LogP contribution in [0.2, 0.25) is 0 Å². The molecule has 76 heavy (non-hydrogen) atoms. The van der Waals surface area contributed by atoms with Gasteiger partial charge in [0.25, 0.3) is 0 Å². The van der Waals surface area contributed by atoms with Gasteiger partial charge in [-0.15, -0.1) is 0 Å². The van der Waals surface area contributed by atoms with Gasteiger partial charge in [0.15, 0.2) is 5.82 Å². The fourth-order valence-electron chi connectivity index (χ4n) is 11.6. The minimum Gasteiger partial charge on any atom is -0.456 e. The SMILES string of the molecule is c1ccc(-c2cccc(-c3cccc(-c4nc(-n5c6ccccc6c6cc(-c7ccc8oc9ccccc9c8c7)ccc65)nc(-n5c6ccccc6c6cc(-c7ccc8oc9ccccc9c8c7)ccc65)n4)c3)c2)cc1. The third kappa shape index (κ3) is 6.66. The van der Waals surface area contributed by atoms with E-state index in [1.807, 2.05) is 24.3 Å². The molecule has 0 saturated heterocycles. The van der Waals surface area contributed by atoms with Crippen LogP contribution in [0.25, 0.3) is 155 Å². The van der Waals surface area contributed by atoms with Crippen LogP contribution in [-0.4, -0.2) is 24.1 Å². The van der Waals surface area contributed by atoms with Crippen LogP contribution in [0.4, 0.5) is 0 Å². The second kappa shape index (κ2) is 16.6. The van der Waals surface area contributed by atoms with Crippen LogP contribution in [-0.2, 0) is 0 Å². The van der Waals surface area contributed by atoms with Crippen molar-refractivity contribution in [3.63, 3.8) is 0 Å². The highest BCUT2D eigenvalue weighted by Gasteiger charge is 2.22. The first-order valence-electron chi connectivity index (χ1n) is 25.6. The first-order chi connectivity index (χ1) is 37.6. The highest BCUT2D eigenvalue weighted by Crippen LogP contribution is 2.40. The second-order valence-corrected chi connectivity index (χ2v) is 19.6. The Morgan fingerprint density at radius 1 is 0.224 bits per heavy atom. The lowest BCUT2D eigenvalue weighted by Crippen LogP contribution is -2.10. The molecule has 0 radical (unpaired) electrons.